The van der Waals surface area contributed by atoms with Crippen molar-refractivity contribution in [2.24, 2.45) is 10.2 Å². The molecule has 2 aliphatic heterocycles. The Hall–Kier alpha value is -1.94. The second-order valence-electron chi connectivity index (χ2n) is 5.93. The first-order valence-electron chi connectivity index (χ1n) is 8.02. The molecule has 126 valence electrons. The maximum atomic E-state index is 12.4. The average molecular weight is 320 g/mol. The summed E-state index contributed by atoms with van der Waals surface area (Å²) >= 11 is 0. The summed E-state index contributed by atoms with van der Waals surface area (Å²) in [5.41, 5.74) is -0.442. The minimum absolute atomic E-state index is 0.00989. The van der Waals surface area contributed by atoms with Crippen LogP contribution in [0.4, 0.5) is 0 Å². The molecule has 0 aromatic carbocycles. The highest BCUT2D eigenvalue weighted by atomic mass is 16.5. The Labute approximate surface area is 137 Å². The predicted molar refractivity (Wildman–Crippen MR) is 84.5 cm³/mol. The van der Waals surface area contributed by atoms with Gasteiger partial charge in [0.2, 0.25) is 11.8 Å². The van der Waals surface area contributed by atoms with Crippen LogP contribution in [-0.4, -0.2) is 67.2 Å². The zero-order valence-electron chi connectivity index (χ0n) is 13.7. The average Bonchev–Trinajstić information content (AvgIpc) is 3.34. The second-order valence-corrected chi connectivity index (χ2v) is 5.93. The lowest BCUT2D eigenvalue weighted by atomic mass is 10.0. The molecule has 0 radical (unpaired) electrons. The third-order valence-electron chi connectivity index (χ3n) is 4.24. The van der Waals surface area contributed by atoms with Crippen molar-refractivity contribution < 1.29 is 14.3 Å². The third-order valence-corrected chi connectivity index (χ3v) is 4.24. The maximum Gasteiger partial charge on any atom is 0.242 e. The number of hydrogen-bond acceptors (Lipinski definition) is 5. The Bertz CT molecular complexity index is 506. The normalized spacial score (nSPS) is 19.4. The molecule has 7 heteroatoms. The van der Waals surface area contributed by atoms with Crippen LogP contribution in [0.25, 0.3) is 0 Å². The molecule has 2 aliphatic rings. The van der Waals surface area contributed by atoms with E-state index in [4.69, 9.17) is 11.2 Å². The van der Waals surface area contributed by atoms with E-state index in [0.717, 1.165) is 6.42 Å². The van der Waals surface area contributed by atoms with Crippen molar-refractivity contribution in [2.75, 3.05) is 39.9 Å². The number of hydrogen-bond donors (Lipinski definition) is 0. The molecule has 0 N–H and O–H groups in total. The van der Waals surface area contributed by atoms with Crippen molar-refractivity contribution in [1.82, 2.24) is 9.80 Å². The number of rotatable bonds is 8. The molecule has 7 nitrogen and oxygen atoms in total. The molecule has 0 bridgehead atoms. The van der Waals surface area contributed by atoms with Gasteiger partial charge in [0.15, 0.2) is 5.66 Å². The molecule has 2 rings (SSSR count). The van der Waals surface area contributed by atoms with Crippen LogP contribution in [0.15, 0.2) is 10.2 Å². The van der Waals surface area contributed by atoms with E-state index in [0.29, 0.717) is 51.9 Å². The van der Waals surface area contributed by atoms with E-state index in [1.165, 1.54) is 0 Å². The number of methoxy groups -OCH3 is 1. The van der Waals surface area contributed by atoms with Gasteiger partial charge in [0.1, 0.15) is 0 Å². The van der Waals surface area contributed by atoms with Gasteiger partial charge in [0.05, 0.1) is 13.2 Å². The fraction of sp³-hybridized carbons (Fsp3) is 0.750. The quantitative estimate of drug-likeness (QED) is 0.627. The van der Waals surface area contributed by atoms with E-state index in [2.05, 4.69) is 16.1 Å². The molecule has 0 unspecified atom stereocenters. The lowest BCUT2D eigenvalue weighted by molar-refractivity contribution is -0.139. The van der Waals surface area contributed by atoms with Crippen molar-refractivity contribution in [3.05, 3.63) is 0 Å². The van der Waals surface area contributed by atoms with Crippen LogP contribution in [0, 0.1) is 12.3 Å². The largest absolute Gasteiger partial charge is 0.383 e. The summed E-state index contributed by atoms with van der Waals surface area (Å²) in [4.78, 5) is 28.0. The van der Waals surface area contributed by atoms with Crippen LogP contribution in [0.3, 0.4) is 0 Å². The summed E-state index contributed by atoms with van der Waals surface area (Å²) in [6.07, 6.45) is 8.28. The van der Waals surface area contributed by atoms with E-state index < -0.39 is 5.66 Å². The molecule has 1 saturated heterocycles. The minimum atomic E-state index is -0.442. The van der Waals surface area contributed by atoms with Gasteiger partial charge in [-0.2, -0.15) is 10.2 Å². The van der Waals surface area contributed by atoms with E-state index in [9.17, 15) is 9.59 Å². The highest BCUT2D eigenvalue weighted by Gasteiger charge is 2.39. The number of carbonyl (C=O) groups excluding carboxylic acids is 2. The van der Waals surface area contributed by atoms with Crippen LogP contribution in [0.2, 0.25) is 0 Å². The summed E-state index contributed by atoms with van der Waals surface area (Å²) in [5.74, 6) is 2.55. The zero-order chi connectivity index (χ0) is 16.7. The molecular formula is C16H24N4O3. The molecule has 0 spiro atoms. The first kappa shape index (κ1) is 17.4. The fourth-order valence-corrected chi connectivity index (χ4v) is 2.70. The summed E-state index contributed by atoms with van der Waals surface area (Å²) in [6.45, 7) is 2.52. The number of ether oxygens (including phenoxy) is 1. The maximum absolute atomic E-state index is 12.4. The number of carbonyl (C=O) groups is 2. The van der Waals surface area contributed by atoms with Gasteiger partial charge in [-0.25, -0.2) is 0 Å². The molecular weight excluding hydrogens is 296 g/mol. The van der Waals surface area contributed by atoms with Crippen LogP contribution in [0.1, 0.15) is 32.1 Å². The van der Waals surface area contributed by atoms with Crippen molar-refractivity contribution in [3.63, 3.8) is 0 Å². The van der Waals surface area contributed by atoms with Gasteiger partial charge in [0, 0.05) is 52.4 Å². The smallest absolute Gasteiger partial charge is 0.242 e. The molecule has 23 heavy (non-hydrogen) atoms. The molecule has 1 fully saturated rings. The second kappa shape index (κ2) is 8.06. The van der Waals surface area contributed by atoms with E-state index in [1.807, 2.05) is 0 Å². The number of terminal acetylenes is 1. The van der Waals surface area contributed by atoms with Crippen molar-refractivity contribution in [3.8, 4) is 12.3 Å². The minimum Gasteiger partial charge on any atom is -0.383 e. The lowest BCUT2D eigenvalue weighted by Crippen LogP contribution is -2.40. The summed E-state index contributed by atoms with van der Waals surface area (Å²) in [5, 5.41) is 8.07. The topological polar surface area (TPSA) is 74.6 Å². The van der Waals surface area contributed by atoms with E-state index in [1.54, 1.807) is 16.9 Å². The highest BCUT2D eigenvalue weighted by molar-refractivity contribution is 5.85. The monoisotopic (exact) mass is 320 g/mol. The van der Waals surface area contributed by atoms with Gasteiger partial charge in [-0.15, -0.1) is 12.3 Å². The first-order chi connectivity index (χ1) is 11.1. The van der Waals surface area contributed by atoms with Crippen LogP contribution >= 0.6 is 0 Å². The van der Waals surface area contributed by atoms with Crippen molar-refractivity contribution >= 4 is 11.8 Å². The fourth-order valence-electron chi connectivity index (χ4n) is 2.70. The molecule has 2 heterocycles. The molecule has 0 aromatic rings. The predicted octanol–water partition coefficient (Wildman–Crippen LogP) is 1.05. The molecule has 0 aliphatic carbocycles. The third kappa shape index (κ3) is 5.03. The van der Waals surface area contributed by atoms with E-state index >= 15 is 0 Å². The number of nitrogens with zero attached hydrogens (tertiary/aromatic N) is 4. The van der Waals surface area contributed by atoms with Crippen LogP contribution < -0.4 is 0 Å². The van der Waals surface area contributed by atoms with E-state index in [-0.39, 0.29) is 18.4 Å². The Kier molecular flexibility index (Phi) is 6.11. The first-order valence-corrected chi connectivity index (χ1v) is 8.02. The summed E-state index contributed by atoms with van der Waals surface area (Å²) in [7, 11) is 1.61. The Morgan fingerprint density at radius 1 is 1.39 bits per heavy atom. The Morgan fingerprint density at radius 2 is 2.17 bits per heavy atom. The molecule has 0 saturated carbocycles. The molecule has 0 aromatic heterocycles. The van der Waals surface area contributed by atoms with Gasteiger partial charge in [-0.05, 0) is 6.42 Å². The van der Waals surface area contributed by atoms with Crippen LogP contribution in [0.5, 0.6) is 0 Å². The van der Waals surface area contributed by atoms with Gasteiger partial charge in [0.25, 0.3) is 0 Å². The van der Waals surface area contributed by atoms with Crippen molar-refractivity contribution in [1.29, 1.82) is 0 Å². The van der Waals surface area contributed by atoms with Gasteiger partial charge >= 0.3 is 0 Å². The van der Waals surface area contributed by atoms with Crippen LogP contribution in [-0.2, 0) is 14.3 Å². The van der Waals surface area contributed by atoms with Gasteiger partial charge in [-0.1, -0.05) is 0 Å². The van der Waals surface area contributed by atoms with Crippen molar-refractivity contribution in [2.45, 2.75) is 37.8 Å². The Morgan fingerprint density at radius 3 is 2.83 bits per heavy atom. The molecule has 0 atom stereocenters. The standard InChI is InChI=1S/C16H24N4O3/c1-3-4-7-16(17-18-16)8-6-14(21)20-10-5-9-19(11-12-23-2)15(22)13-20/h1H,4-13H2,2H3. The zero-order valence-corrected chi connectivity index (χ0v) is 13.7. The van der Waals surface area contributed by atoms with Gasteiger partial charge < -0.3 is 14.5 Å². The summed E-state index contributed by atoms with van der Waals surface area (Å²) in [6, 6.07) is 0. The lowest BCUT2D eigenvalue weighted by Gasteiger charge is -2.22. The highest BCUT2D eigenvalue weighted by Crippen LogP contribution is 2.37. The Balaban J connectivity index is 1.79. The van der Waals surface area contributed by atoms with Gasteiger partial charge in [-0.3, -0.25) is 9.59 Å². The molecule has 2 amide bonds. The SMILES string of the molecule is C#CCCC1(CCC(=O)N2CCCN(CCOC)C(=O)C2)N=N1. The summed E-state index contributed by atoms with van der Waals surface area (Å²) < 4.78 is 5.01. The number of amides is 2.